The quantitative estimate of drug-likeness (QED) is 0.919. The molecule has 0 radical (unpaired) electrons. The number of likely N-dealkylation sites (tertiary alicyclic amines) is 1. The van der Waals surface area contributed by atoms with Crippen molar-refractivity contribution >= 4 is 22.7 Å². The molecule has 2 fully saturated rings. The van der Waals surface area contributed by atoms with Gasteiger partial charge < -0.3 is 10.0 Å². The van der Waals surface area contributed by atoms with Gasteiger partial charge in [-0.2, -0.15) is 0 Å². The lowest BCUT2D eigenvalue weighted by Gasteiger charge is -2.33. The van der Waals surface area contributed by atoms with Crippen molar-refractivity contribution in [2.75, 3.05) is 6.26 Å². The van der Waals surface area contributed by atoms with Crippen molar-refractivity contribution in [1.29, 1.82) is 0 Å². The van der Waals surface area contributed by atoms with E-state index in [9.17, 15) is 18.9 Å². The molecule has 1 amide bonds. The van der Waals surface area contributed by atoms with Crippen LogP contribution in [0.4, 0.5) is 0 Å². The van der Waals surface area contributed by atoms with Gasteiger partial charge in [0.1, 0.15) is 6.04 Å². The molecule has 5 nitrogen and oxygen atoms in total. The maximum absolute atomic E-state index is 12.9. The van der Waals surface area contributed by atoms with Gasteiger partial charge in [-0.3, -0.25) is 9.00 Å². The zero-order valence-electron chi connectivity index (χ0n) is 13.1. The standard InChI is InChI=1S/C17H21NO4S/c1-23(22)13-8-6-11(7-9-13)16(19)18-14-5-3-2-4-12(14)10-15(18)17(20)21/h6-9,12,14-15H,2-5,10H2,1H3,(H,20,21)/t12-,14+,15+,23+/m1/s1. The van der Waals surface area contributed by atoms with E-state index < -0.39 is 22.8 Å². The van der Waals surface area contributed by atoms with Crippen LogP contribution in [0.25, 0.3) is 0 Å². The number of hydrogen-bond acceptors (Lipinski definition) is 3. The predicted octanol–water partition coefficient (Wildman–Crippen LogP) is 2.28. The summed E-state index contributed by atoms with van der Waals surface area (Å²) < 4.78 is 11.4. The number of carboxylic acids is 1. The molecule has 23 heavy (non-hydrogen) atoms. The molecule has 0 unspecified atom stereocenters. The number of fused-ring (bicyclic) bond motifs is 1. The van der Waals surface area contributed by atoms with Crippen LogP contribution in [0.2, 0.25) is 0 Å². The SMILES string of the molecule is C[S@](=O)c1ccc(C(=O)N2[C@H](C(=O)O)C[C@H]3CCCC[C@@H]32)cc1. The Labute approximate surface area is 138 Å². The second-order valence-corrected chi connectivity index (χ2v) is 7.77. The Balaban J connectivity index is 1.88. The molecule has 1 saturated heterocycles. The van der Waals surface area contributed by atoms with Crippen LogP contribution < -0.4 is 0 Å². The number of aliphatic carboxylic acids is 1. The minimum absolute atomic E-state index is 0.0392. The Morgan fingerprint density at radius 2 is 1.83 bits per heavy atom. The second-order valence-electron chi connectivity index (χ2n) is 6.39. The highest BCUT2D eigenvalue weighted by molar-refractivity contribution is 7.84. The Bertz CT molecular complexity index is 642. The monoisotopic (exact) mass is 335 g/mol. The van der Waals surface area contributed by atoms with Crippen molar-refractivity contribution in [3.8, 4) is 0 Å². The van der Waals surface area contributed by atoms with Crippen LogP contribution in [0, 0.1) is 5.92 Å². The first kappa shape index (κ1) is 16.2. The molecule has 4 atom stereocenters. The highest BCUT2D eigenvalue weighted by atomic mass is 32.2. The molecular weight excluding hydrogens is 314 g/mol. The smallest absolute Gasteiger partial charge is 0.326 e. The summed E-state index contributed by atoms with van der Waals surface area (Å²) in [6, 6.07) is 5.96. The predicted molar refractivity (Wildman–Crippen MR) is 86.7 cm³/mol. The van der Waals surface area contributed by atoms with Gasteiger partial charge in [0, 0.05) is 33.6 Å². The molecule has 0 spiro atoms. The summed E-state index contributed by atoms with van der Waals surface area (Å²) in [6.45, 7) is 0. The zero-order valence-corrected chi connectivity index (χ0v) is 13.9. The van der Waals surface area contributed by atoms with Crippen molar-refractivity contribution < 1.29 is 18.9 Å². The van der Waals surface area contributed by atoms with E-state index >= 15 is 0 Å². The third kappa shape index (κ3) is 3.04. The zero-order chi connectivity index (χ0) is 16.6. The van der Waals surface area contributed by atoms with E-state index in [0.29, 0.717) is 22.8 Å². The molecule has 1 heterocycles. The summed E-state index contributed by atoms with van der Waals surface area (Å²) in [7, 11) is -1.09. The first-order chi connectivity index (χ1) is 11.0. The lowest BCUT2D eigenvalue weighted by molar-refractivity contribution is -0.141. The highest BCUT2D eigenvalue weighted by Crippen LogP contribution is 2.40. The number of carbonyl (C=O) groups is 2. The van der Waals surface area contributed by atoms with E-state index in [2.05, 4.69) is 0 Å². The lowest BCUT2D eigenvalue weighted by atomic mass is 9.84. The summed E-state index contributed by atoms with van der Waals surface area (Å²) >= 11 is 0. The molecule has 0 aromatic heterocycles. The van der Waals surface area contributed by atoms with Crippen LogP contribution in [0.5, 0.6) is 0 Å². The van der Waals surface area contributed by atoms with Crippen LogP contribution in [0.1, 0.15) is 42.5 Å². The fourth-order valence-corrected chi connectivity index (χ4v) is 4.43. The lowest BCUT2D eigenvalue weighted by Crippen LogP contribution is -2.46. The first-order valence-electron chi connectivity index (χ1n) is 7.98. The van der Waals surface area contributed by atoms with Gasteiger partial charge in [0.25, 0.3) is 5.91 Å². The van der Waals surface area contributed by atoms with Crippen molar-refractivity contribution in [3.63, 3.8) is 0 Å². The molecule has 1 saturated carbocycles. The van der Waals surface area contributed by atoms with Crippen molar-refractivity contribution in [1.82, 2.24) is 4.90 Å². The second kappa shape index (κ2) is 6.43. The van der Waals surface area contributed by atoms with Crippen LogP contribution in [0.15, 0.2) is 29.2 Å². The number of rotatable bonds is 3. The van der Waals surface area contributed by atoms with E-state index in [1.165, 1.54) is 0 Å². The van der Waals surface area contributed by atoms with Gasteiger partial charge >= 0.3 is 5.97 Å². The molecule has 1 aliphatic heterocycles. The third-order valence-corrected chi connectivity index (χ3v) is 5.98. The van der Waals surface area contributed by atoms with Crippen LogP contribution in [-0.4, -0.2) is 44.4 Å². The number of benzene rings is 1. The molecule has 1 aromatic carbocycles. The van der Waals surface area contributed by atoms with Gasteiger partial charge in [0.15, 0.2) is 0 Å². The fourth-order valence-electron chi connectivity index (χ4n) is 3.91. The average Bonchev–Trinajstić information content (AvgIpc) is 2.94. The minimum atomic E-state index is -1.09. The number of nitrogens with zero attached hydrogens (tertiary/aromatic N) is 1. The van der Waals surface area contributed by atoms with Crippen molar-refractivity contribution in [2.45, 2.75) is 49.1 Å². The van der Waals surface area contributed by atoms with Crippen molar-refractivity contribution in [2.24, 2.45) is 5.92 Å². The van der Waals surface area contributed by atoms with Gasteiger partial charge in [0.05, 0.1) is 0 Å². The van der Waals surface area contributed by atoms with Crippen LogP contribution in [-0.2, 0) is 15.6 Å². The van der Waals surface area contributed by atoms with E-state index in [1.54, 1.807) is 35.4 Å². The maximum atomic E-state index is 12.9. The Morgan fingerprint density at radius 1 is 1.17 bits per heavy atom. The first-order valence-corrected chi connectivity index (χ1v) is 9.54. The van der Waals surface area contributed by atoms with Gasteiger partial charge in [-0.15, -0.1) is 0 Å². The van der Waals surface area contributed by atoms with Crippen LogP contribution >= 0.6 is 0 Å². The summed E-state index contributed by atoms with van der Waals surface area (Å²) in [5.41, 5.74) is 0.469. The van der Waals surface area contributed by atoms with Gasteiger partial charge in [-0.05, 0) is 49.4 Å². The highest BCUT2D eigenvalue weighted by Gasteiger charge is 2.47. The molecule has 1 aromatic rings. The summed E-state index contributed by atoms with van der Waals surface area (Å²) in [4.78, 5) is 26.7. The number of hydrogen-bond donors (Lipinski definition) is 1. The Hall–Kier alpha value is -1.69. The molecule has 1 N–H and O–H groups in total. The molecule has 1 aliphatic carbocycles. The van der Waals surface area contributed by atoms with Gasteiger partial charge in [-0.1, -0.05) is 12.8 Å². The van der Waals surface area contributed by atoms with Crippen molar-refractivity contribution in [3.05, 3.63) is 29.8 Å². The van der Waals surface area contributed by atoms with E-state index in [1.807, 2.05) is 0 Å². The average molecular weight is 335 g/mol. The molecule has 124 valence electrons. The summed E-state index contributed by atoms with van der Waals surface area (Å²) in [5.74, 6) is -0.838. The van der Waals surface area contributed by atoms with Gasteiger partial charge in [-0.25, -0.2) is 4.79 Å². The van der Waals surface area contributed by atoms with E-state index in [4.69, 9.17) is 0 Å². The molecule has 3 rings (SSSR count). The van der Waals surface area contributed by atoms with Crippen LogP contribution in [0.3, 0.4) is 0 Å². The molecule has 0 bridgehead atoms. The molecular formula is C17H21NO4S. The number of carbonyl (C=O) groups excluding carboxylic acids is 1. The Kier molecular flexibility index (Phi) is 4.53. The minimum Gasteiger partial charge on any atom is -0.480 e. The van der Waals surface area contributed by atoms with E-state index in [-0.39, 0.29) is 11.9 Å². The third-order valence-electron chi connectivity index (χ3n) is 5.04. The number of amides is 1. The number of carboxylic acid groups (broad SMARTS) is 1. The fraction of sp³-hybridized carbons (Fsp3) is 0.529. The summed E-state index contributed by atoms with van der Waals surface area (Å²) in [5, 5.41) is 9.51. The molecule has 2 aliphatic rings. The van der Waals surface area contributed by atoms with Gasteiger partial charge in [0.2, 0.25) is 0 Å². The Morgan fingerprint density at radius 3 is 2.43 bits per heavy atom. The summed E-state index contributed by atoms with van der Waals surface area (Å²) in [6.07, 6.45) is 6.20. The largest absolute Gasteiger partial charge is 0.480 e. The maximum Gasteiger partial charge on any atom is 0.326 e. The van der Waals surface area contributed by atoms with E-state index in [0.717, 1.165) is 25.7 Å². The molecule has 6 heteroatoms. The normalized spacial score (nSPS) is 28.2. The topological polar surface area (TPSA) is 74.7 Å².